The van der Waals surface area contributed by atoms with Crippen LogP contribution in [0.1, 0.15) is 5.56 Å². The molecule has 0 spiro atoms. The Labute approximate surface area is 109 Å². The molecule has 0 radical (unpaired) electrons. The second-order valence-electron chi connectivity index (χ2n) is 4.04. The Morgan fingerprint density at radius 2 is 2.16 bits per heavy atom. The highest BCUT2D eigenvalue weighted by Gasteiger charge is 2.33. The molecular formula is C12H15F2N3O2. The summed E-state index contributed by atoms with van der Waals surface area (Å²) >= 11 is 0. The van der Waals surface area contributed by atoms with E-state index in [-0.39, 0.29) is 12.1 Å². The quantitative estimate of drug-likeness (QED) is 0.455. The van der Waals surface area contributed by atoms with Crippen molar-refractivity contribution in [2.24, 2.45) is 10.1 Å². The van der Waals surface area contributed by atoms with Crippen LogP contribution in [0.4, 0.5) is 8.78 Å². The Bertz CT molecular complexity index is 482. The topological polar surface area (TPSA) is 68.4 Å². The number of nitrogens with zero attached hydrogens (tertiary/aromatic N) is 3. The fourth-order valence-corrected chi connectivity index (χ4v) is 1.63. The van der Waals surface area contributed by atoms with Crippen molar-refractivity contribution in [2.75, 3.05) is 20.2 Å². The van der Waals surface area contributed by atoms with Gasteiger partial charge < -0.3 is 10.2 Å². The molecule has 0 amide bonds. The van der Waals surface area contributed by atoms with Crippen molar-refractivity contribution in [2.45, 2.75) is 5.60 Å². The van der Waals surface area contributed by atoms with Crippen molar-refractivity contribution in [1.82, 2.24) is 5.01 Å². The molecule has 2 N–H and O–H groups in total. The van der Waals surface area contributed by atoms with E-state index in [0.29, 0.717) is 6.07 Å². The maximum atomic E-state index is 13.6. The molecule has 104 valence electrons. The normalized spacial score (nSPS) is 14.4. The predicted molar refractivity (Wildman–Crippen MR) is 68.0 cm³/mol. The van der Waals surface area contributed by atoms with Gasteiger partial charge in [-0.1, -0.05) is 6.07 Å². The fraction of sp³-hybridized carbons (Fsp3) is 0.333. The first kappa shape index (κ1) is 15.2. The van der Waals surface area contributed by atoms with Gasteiger partial charge in [0, 0.05) is 18.7 Å². The molecule has 19 heavy (non-hydrogen) atoms. The van der Waals surface area contributed by atoms with Gasteiger partial charge in [-0.3, -0.25) is 10.0 Å². The Morgan fingerprint density at radius 1 is 1.47 bits per heavy atom. The molecule has 1 atom stereocenters. The van der Waals surface area contributed by atoms with E-state index in [0.717, 1.165) is 18.5 Å². The largest absolute Gasteiger partial charge is 0.393 e. The number of hydrazone groups is 1. The van der Waals surface area contributed by atoms with E-state index in [1.54, 1.807) is 0 Å². The molecule has 0 bridgehead atoms. The zero-order valence-corrected chi connectivity index (χ0v) is 10.4. The average molecular weight is 271 g/mol. The van der Waals surface area contributed by atoms with Gasteiger partial charge in [0.15, 0.2) is 0 Å². The molecule has 1 rings (SSSR count). The van der Waals surface area contributed by atoms with Crippen LogP contribution in [0.5, 0.6) is 0 Å². The maximum absolute atomic E-state index is 13.6. The molecule has 7 heteroatoms. The molecule has 1 aromatic rings. The first-order valence-electron chi connectivity index (χ1n) is 5.41. The second kappa shape index (κ2) is 6.35. The Hall–Kier alpha value is -1.86. The molecule has 0 saturated heterocycles. The van der Waals surface area contributed by atoms with E-state index >= 15 is 0 Å². The Kier molecular flexibility index (Phi) is 5.08. The van der Waals surface area contributed by atoms with Crippen LogP contribution >= 0.6 is 0 Å². The van der Waals surface area contributed by atoms with E-state index in [2.05, 4.69) is 16.8 Å². The zero-order valence-electron chi connectivity index (χ0n) is 10.4. The van der Waals surface area contributed by atoms with Crippen LogP contribution in [-0.4, -0.2) is 48.5 Å². The molecule has 0 aromatic heterocycles. The van der Waals surface area contributed by atoms with E-state index in [1.807, 2.05) is 0 Å². The molecule has 5 nitrogen and oxygen atoms in total. The van der Waals surface area contributed by atoms with Gasteiger partial charge in [-0.2, -0.15) is 5.10 Å². The first-order valence-corrected chi connectivity index (χ1v) is 5.41. The zero-order chi connectivity index (χ0) is 14.5. The third kappa shape index (κ3) is 3.80. The van der Waals surface area contributed by atoms with Gasteiger partial charge in [0.1, 0.15) is 23.6 Å². The number of hydrogen-bond donors (Lipinski definition) is 2. The number of aliphatic hydroxyl groups is 2. The van der Waals surface area contributed by atoms with Crippen LogP contribution in [0.3, 0.4) is 0 Å². The summed E-state index contributed by atoms with van der Waals surface area (Å²) in [6.07, 6.45) is 1.14. The molecular weight excluding hydrogens is 256 g/mol. The minimum Gasteiger partial charge on any atom is -0.393 e. The minimum absolute atomic E-state index is 0.196. The van der Waals surface area contributed by atoms with Gasteiger partial charge in [0.25, 0.3) is 0 Å². The third-order valence-electron chi connectivity index (χ3n) is 2.51. The number of aliphatic hydroxyl groups excluding tert-OH is 1. The third-order valence-corrected chi connectivity index (χ3v) is 2.51. The Balaban J connectivity index is 3.02. The summed E-state index contributed by atoms with van der Waals surface area (Å²) < 4.78 is 26.5. The van der Waals surface area contributed by atoms with Crippen molar-refractivity contribution in [3.8, 4) is 0 Å². The van der Waals surface area contributed by atoms with E-state index in [1.165, 1.54) is 12.1 Å². The van der Waals surface area contributed by atoms with Crippen molar-refractivity contribution in [3.63, 3.8) is 0 Å². The molecule has 1 aromatic carbocycles. The van der Waals surface area contributed by atoms with E-state index in [9.17, 15) is 19.0 Å². The maximum Gasteiger partial charge on any atom is 0.134 e. The molecule has 0 heterocycles. The summed E-state index contributed by atoms with van der Waals surface area (Å²) in [5, 5.41) is 24.6. The minimum atomic E-state index is -1.90. The van der Waals surface area contributed by atoms with Crippen LogP contribution in [-0.2, 0) is 5.60 Å². The van der Waals surface area contributed by atoms with Crippen LogP contribution in [0.15, 0.2) is 28.3 Å². The molecule has 0 aliphatic rings. The lowest BCUT2D eigenvalue weighted by Crippen LogP contribution is -2.41. The fourth-order valence-electron chi connectivity index (χ4n) is 1.63. The highest BCUT2D eigenvalue weighted by molar-refractivity contribution is 5.61. The monoisotopic (exact) mass is 271 g/mol. The van der Waals surface area contributed by atoms with Crippen LogP contribution in [0.25, 0.3) is 0 Å². The Morgan fingerprint density at radius 3 is 2.68 bits per heavy atom. The van der Waals surface area contributed by atoms with Gasteiger partial charge in [-0.15, -0.1) is 0 Å². The molecule has 1 unspecified atom stereocenters. The predicted octanol–water partition coefficient (Wildman–Crippen LogP) is 0.720. The van der Waals surface area contributed by atoms with Crippen molar-refractivity contribution >= 4 is 13.1 Å². The number of benzene rings is 1. The lowest BCUT2D eigenvalue weighted by molar-refractivity contribution is -0.0427. The number of rotatable bonds is 6. The van der Waals surface area contributed by atoms with Crippen molar-refractivity contribution in [1.29, 1.82) is 0 Å². The second-order valence-corrected chi connectivity index (χ2v) is 4.04. The lowest BCUT2D eigenvalue weighted by Gasteiger charge is -2.30. The van der Waals surface area contributed by atoms with Gasteiger partial charge in [0.05, 0.1) is 13.2 Å². The van der Waals surface area contributed by atoms with Crippen molar-refractivity contribution < 1.29 is 19.0 Å². The van der Waals surface area contributed by atoms with E-state index in [4.69, 9.17) is 0 Å². The molecule has 0 saturated carbocycles. The van der Waals surface area contributed by atoms with E-state index < -0.39 is 23.8 Å². The summed E-state index contributed by atoms with van der Waals surface area (Å²) in [4.78, 5) is 3.38. The highest BCUT2D eigenvalue weighted by Crippen LogP contribution is 2.25. The first-order chi connectivity index (χ1) is 8.92. The van der Waals surface area contributed by atoms with Crippen LogP contribution in [0.2, 0.25) is 0 Å². The van der Waals surface area contributed by atoms with Gasteiger partial charge in [-0.05, 0) is 12.8 Å². The number of hydrogen-bond acceptors (Lipinski definition) is 4. The SMILES string of the molecule is C=N/C=N\N(C)CC(O)(CO)c1ccc(F)cc1F. The molecule has 0 aliphatic carbocycles. The summed E-state index contributed by atoms with van der Waals surface area (Å²) in [5.41, 5.74) is -2.10. The summed E-state index contributed by atoms with van der Waals surface area (Å²) in [7, 11) is 1.50. The summed E-state index contributed by atoms with van der Waals surface area (Å²) in [5.74, 6) is -1.69. The lowest BCUT2D eigenvalue weighted by atomic mass is 9.94. The standard InChI is InChI=1S/C12H15F2N3O2/c1-15-8-16-17(2)6-12(19,7-18)10-4-3-9(13)5-11(10)14/h3-5,8,18-19H,1,6-7H2,2H3/b16-8-. The number of likely N-dealkylation sites (N-methyl/N-ethyl adjacent to an activating group) is 1. The summed E-state index contributed by atoms with van der Waals surface area (Å²) in [6.45, 7) is 2.26. The van der Waals surface area contributed by atoms with Crippen LogP contribution in [0, 0.1) is 11.6 Å². The highest BCUT2D eigenvalue weighted by atomic mass is 19.1. The molecule has 0 aliphatic heterocycles. The van der Waals surface area contributed by atoms with Gasteiger partial charge >= 0.3 is 0 Å². The van der Waals surface area contributed by atoms with Gasteiger partial charge in [-0.25, -0.2) is 8.78 Å². The number of aliphatic imine (C=N–C) groups is 1. The number of halogens is 2. The van der Waals surface area contributed by atoms with Crippen molar-refractivity contribution in [3.05, 3.63) is 35.4 Å². The smallest absolute Gasteiger partial charge is 0.134 e. The summed E-state index contributed by atoms with van der Waals surface area (Å²) in [6, 6.07) is 2.74. The van der Waals surface area contributed by atoms with Gasteiger partial charge in [0.2, 0.25) is 0 Å². The molecule has 0 fully saturated rings. The van der Waals surface area contributed by atoms with Crippen LogP contribution < -0.4 is 0 Å². The average Bonchev–Trinajstić information content (AvgIpc) is 2.36.